The molecule has 0 aliphatic carbocycles. The summed E-state index contributed by atoms with van der Waals surface area (Å²) in [4.78, 5) is 16.0. The third-order valence-corrected chi connectivity index (χ3v) is 3.67. The van der Waals surface area contributed by atoms with Crippen molar-refractivity contribution in [3.8, 4) is 11.5 Å². The van der Waals surface area contributed by atoms with Gasteiger partial charge in [-0.3, -0.25) is 9.79 Å². The van der Waals surface area contributed by atoms with Crippen LogP contribution in [-0.2, 0) is 11.3 Å². The van der Waals surface area contributed by atoms with Crippen molar-refractivity contribution >= 4 is 11.9 Å². The predicted molar refractivity (Wildman–Crippen MR) is 95.6 cm³/mol. The second-order valence-electron chi connectivity index (χ2n) is 5.93. The van der Waals surface area contributed by atoms with Crippen LogP contribution in [0.2, 0.25) is 0 Å². The van der Waals surface area contributed by atoms with Crippen LogP contribution in [0, 0.1) is 5.41 Å². The third-order valence-electron chi connectivity index (χ3n) is 3.67. The highest BCUT2D eigenvalue weighted by Crippen LogP contribution is 2.27. The van der Waals surface area contributed by atoms with Crippen LogP contribution in [0.1, 0.15) is 19.4 Å². The Bertz CT molecular complexity index is 585. The molecule has 3 N–H and O–H groups in total. The molecule has 24 heavy (non-hydrogen) atoms. The van der Waals surface area contributed by atoms with Crippen molar-refractivity contribution in [1.82, 2.24) is 16.0 Å². The summed E-state index contributed by atoms with van der Waals surface area (Å²) in [5.74, 6) is 1.98. The number of benzene rings is 1. The molecule has 0 spiro atoms. The SMILES string of the molecule is CN=C(NCc1ccc(OC)c(OC)c1)NCC(C)(C)C(=O)NC. The van der Waals surface area contributed by atoms with E-state index in [9.17, 15) is 4.79 Å². The molecule has 0 unspecified atom stereocenters. The maximum Gasteiger partial charge on any atom is 0.227 e. The molecule has 0 atom stereocenters. The topological polar surface area (TPSA) is 84.0 Å². The molecule has 1 aromatic carbocycles. The lowest BCUT2D eigenvalue weighted by Crippen LogP contribution is -2.47. The van der Waals surface area contributed by atoms with Gasteiger partial charge >= 0.3 is 0 Å². The lowest BCUT2D eigenvalue weighted by molar-refractivity contribution is -0.128. The Balaban J connectivity index is 2.63. The van der Waals surface area contributed by atoms with Crippen molar-refractivity contribution < 1.29 is 14.3 Å². The number of guanidine groups is 1. The van der Waals surface area contributed by atoms with Crippen LogP contribution in [0.5, 0.6) is 11.5 Å². The molecule has 134 valence electrons. The van der Waals surface area contributed by atoms with Crippen molar-refractivity contribution in [3.63, 3.8) is 0 Å². The zero-order valence-electron chi connectivity index (χ0n) is 15.3. The maximum absolute atomic E-state index is 11.8. The first-order valence-corrected chi connectivity index (χ1v) is 7.75. The second-order valence-corrected chi connectivity index (χ2v) is 5.93. The van der Waals surface area contributed by atoms with Gasteiger partial charge in [-0.2, -0.15) is 0 Å². The van der Waals surface area contributed by atoms with Gasteiger partial charge in [0.25, 0.3) is 0 Å². The van der Waals surface area contributed by atoms with E-state index in [-0.39, 0.29) is 5.91 Å². The van der Waals surface area contributed by atoms with Gasteiger partial charge in [0.05, 0.1) is 19.6 Å². The van der Waals surface area contributed by atoms with Crippen LogP contribution in [0.15, 0.2) is 23.2 Å². The van der Waals surface area contributed by atoms with E-state index >= 15 is 0 Å². The van der Waals surface area contributed by atoms with E-state index in [1.54, 1.807) is 28.3 Å². The summed E-state index contributed by atoms with van der Waals surface area (Å²) in [6.45, 7) is 4.79. The Hall–Kier alpha value is -2.44. The highest BCUT2D eigenvalue weighted by atomic mass is 16.5. The van der Waals surface area contributed by atoms with Gasteiger partial charge < -0.3 is 25.4 Å². The molecule has 0 saturated heterocycles. The lowest BCUT2D eigenvalue weighted by Gasteiger charge is -2.24. The molecular weight excluding hydrogens is 308 g/mol. The van der Waals surface area contributed by atoms with E-state index in [0.29, 0.717) is 30.5 Å². The minimum absolute atomic E-state index is 0.0228. The van der Waals surface area contributed by atoms with E-state index < -0.39 is 5.41 Å². The van der Waals surface area contributed by atoms with E-state index in [2.05, 4.69) is 20.9 Å². The van der Waals surface area contributed by atoms with Crippen LogP contribution >= 0.6 is 0 Å². The molecule has 7 heteroatoms. The number of ether oxygens (including phenoxy) is 2. The maximum atomic E-state index is 11.8. The van der Waals surface area contributed by atoms with E-state index in [0.717, 1.165) is 5.56 Å². The second kappa shape index (κ2) is 9.00. The first-order valence-electron chi connectivity index (χ1n) is 7.75. The summed E-state index contributed by atoms with van der Waals surface area (Å²) >= 11 is 0. The zero-order chi connectivity index (χ0) is 18.2. The molecule has 0 saturated carbocycles. The molecule has 1 aromatic rings. The molecular formula is C17H28N4O3. The summed E-state index contributed by atoms with van der Waals surface area (Å²) in [5.41, 5.74) is 0.497. The van der Waals surface area contributed by atoms with Gasteiger partial charge in [-0.1, -0.05) is 6.07 Å². The fraction of sp³-hybridized carbons (Fsp3) is 0.529. The van der Waals surface area contributed by atoms with Gasteiger partial charge in [0.15, 0.2) is 17.5 Å². The number of carbonyl (C=O) groups is 1. The average molecular weight is 336 g/mol. The molecule has 0 aromatic heterocycles. The molecule has 1 amide bonds. The number of aliphatic imine (C=N–C) groups is 1. The summed E-state index contributed by atoms with van der Waals surface area (Å²) < 4.78 is 10.5. The zero-order valence-corrected chi connectivity index (χ0v) is 15.3. The number of nitrogens with one attached hydrogen (secondary N) is 3. The van der Waals surface area contributed by atoms with E-state index in [4.69, 9.17) is 9.47 Å². The normalized spacial score (nSPS) is 11.7. The van der Waals surface area contributed by atoms with Crippen LogP contribution in [0.3, 0.4) is 0 Å². The number of nitrogens with zero attached hydrogens (tertiary/aromatic N) is 1. The van der Waals surface area contributed by atoms with Crippen molar-refractivity contribution in [1.29, 1.82) is 0 Å². The third kappa shape index (κ3) is 5.33. The first-order chi connectivity index (χ1) is 11.4. The van der Waals surface area contributed by atoms with Crippen molar-refractivity contribution in [3.05, 3.63) is 23.8 Å². The molecule has 0 aliphatic rings. The predicted octanol–water partition coefficient (Wildman–Crippen LogP) is 1.14. The van der Waals surface area contributed by atoms with Gasteiger partial charge in [0, 0.05) is 27.2 Å². The van der Waals surface area contributed by atoms with Gasteiger partial charge in [-0.05, 0) is 31.5 Å². The fourth-order valence-electron chi connectivity index (χ4n) is 2.12. The summed E-state index contributed by atoms with van der Waals surface area (Å²) in [5, 5.41) is 9.05. The van der Waals surface area contributed by atoms with Crippen LogP contribution in [0.25, 0.3) is 0 Å². The van der Waals surface area contributed by atoms with Crippen molar-refractivity contribution in [2.75, 3.05) is 34.9 Å². The summed E-state index contributed by atoms with van der Waals surface area (Å²) in [6.07, 6.45) is 0. The lowest BCUT2D eigenvalue weighted by atomic mass is 9.92. The average Bonchev–Trinajstić information content (AvgIpc) is 2.60. The summed E-state index contributed by atoms with van der Waals surface area (Å²) in [7, 11) is 6.54. The Morgan fingerprint density at radius 3 is 2.38 bits per heavy atom. The quantitative estimate of drug-likeness (QED) is 0.514. The van der Waals surface area contributed by atoms with Crippen molar-refractivity contribution in [2.24, 2.45) is 10.4 Å². The fourth-order valence-corrected chi connectivity index (χ4v) is 2.12. The Labute approximate surface area is 143 Å². The molecule has 0 radical (unpaired) electrons. The minimum atomic E-state index is -0.532. The number of amides is 1. The Morgan fingerprint density at radius 2 is 1.83 bits per heavy atom. The van der Waals surface area contributed by atoms with Gasteiger partial charge in [0.1, 0.15) is 0 Å². The van der Waals surface area contributed by atoms with Gasteiger partial charge in [0.2, 0.25) is 5.91 Å². The molecule has 0 bridgehead atoms. The van der Waals surface area contributed by atoms with Gasteiger partial charge in [-0.25, -0.2) is 0 Å². The highest BCUT2D eigenvalue weighted by molar-refractivity contribution is 5.84. The van der Waals surface area contributed by atoms with Crippen LogP contribution in [-0.4, -0.2) is 46.7 Å². The standard InChI is InChI=1S/C17H28N4O3/c1-17(2,15(22)18-3)11-21-16(19-4)20-10-12-7-8-13(23-5)14(9-12)24-6/h7-9H,10-11H2,1-6H3,(H,18,22)(H2,19,20,21). The molecule has 7 nitrogen and oxygen atoms in total. The largest absolute Gasteiger partial charge is 0.493 e. The molecule has 0 heterocycles. The molecule has 0 fully saturated rings. The van der Waals surface area contributed by atoms with Crippen LogP contribution in [0.4, 0.5) is 0 Å². The monoisotopic (exact) mass is 336 g/mol. The molecule has 1 rings (SSSR count). The Morgan fingerprint density at radius 1 is 1.17 bits per heavy atom. The number of carbonyl (C=O) groups excluding carboxylic acids is 1. The Kier molecular flexibility index (Phi) is 7.35. The van der Waals surface area contributed by atoms with Crippen LogP contribution < -0.4 is 25.4 Å². The van der Waals surface area contributed by atoms with Crippen molar-refractivity contribution in [2.45, 2.75) is 20.4 Å². The van der Waals surface area contributed by atoms with E-state index in [1.807, 2.05) is 32.0 Å². The highest BCUT2D eigenvalue weighted by Gasteiger charge is 2.26. The molecule has 0 aliphatic heterocycles. The van der Waals surface area contributed by atoms with Gasteiger partial charge in [-0.15, -0.1) is 0 Å². The smallest absolute Gasteiger partial charge is 0.227 e. The minimum Gasteiger partial charge on any atom is -0.493 e. The summed E-state index contributed by atoms with van der Waals surface area (Å²) in [6, 6.07) is 5.73. The number of methoxy groups -OCH3 is 2. The number of hydrogen-bond acceptors (Lipinski definition) is 4. The van der Waals surface area contributed by atoms with E-state index in [1.165, 1.54) is 0 Å². The number of rotatable bonds is 7. The number of hydrogen-bond donors (Lipinski definition) is 3. The first kappa shape index (κ1) is 19.6.